The van der Waals surface area contributed by atoms with Gasteiger partial charge < -0.3 is 21.4 Å². The number of thiophene rings is 1. The van der Waals surface area contributed by atoms with Gasteiger partial charge in [0, 0.05) is 16.7 Å². The third-order valence-corrected chi connectivity index (χ3v) is 11.0. The van der Waals surface area contributed by atoms with Crippen molar-refractivity contribution in [1.29, 1.82) is 0 Å². The van der Waals surface area contributed by atoms with Gasteiger partial charge in [-0.25, -0.2) is 9.78 Å². The van der Waals surface area contributed by atoms with Crippen LogP contribution in [0.2, 0.25) is 4.34 Å². The summed E-state index contributed by atoms with van der Waals surface area (Å²) >= 11 is 12.0. The van der Waals surface area contributed by atoms with E-state index >= 15 is 0 Å². The van der Waals surface area contributed by atoms with Crippen LogP contribution < -0.4 is 16.5 Å². The Balaban J connectivity index is 1.38. The van der Waals surface area contributed by atoms with Gasteiger partial charge in [0.2, 0.25) is 0 Å². The van der Waals surface area contributed by atoms with Crippen molar-refractivity contribution in [3.05, 3.63) is 48.4 Å². The highest BCUT2D eigenvalue weighted by molar-refractivity contribution is 8.07. The number of hydrogen-bond donors (Lipinski definition) is 4. The maximum absolute atomic E-state index is 12.9. The molecule has 5 heterocycles. The summed E-state index contributed by atoms with van der Waals surface area (Å²) in [5.74, 6) is -2.62. The summed E-state index contributed by atoms with van der Waals surface area (Å²) in [7, 11) is 0. The van der Waals surface area contributed by atoms with E-state index in [0.717, 1.165) is 32.7 Å². The van der Waals surface area contributed by atoms with Crippen LogP contribution >= 0.6 is 69.1 Å². The summed E-state index contributed by atoms with van der Waals surface area (Å²) in [4.78, 5) is 55.5. The van der Waals surface area contributed by atoms with Crippen LogP contribution in [0.3, 0.4) is 0 Å². The second-order valence-electron chi connectivity index (χ2n) is 7.21. The monoisotopic (exact) mass is 601 g/mol. The van der Waals surface area contributed by atoms with E-state index in [1.165, 1.54) is 40.5 Å². The summed E-state index contributed by atoms with van der Waals surface area (Å²) in [5.41, 5.74) is 4.57. The van der Waals surface area contributed by atoms with Crippen LogP contribution in [0.4, 0.5) is 5.13 Å². The van der Waals surface area contributed by atoms with Crippen molar-refractivity contribution >= 4 is 107 Å². The number of carboxylic acid groups (broad SMARTS) is 1. The summed E-state index contributed by atoms with van der Waals surface area (Å²) < 4.78 is 2.09. The fourth-order valence-corrected chi connectivity index (χ4v) is 9.34. The first-order valence-corrected chi connectivity index (χ1v) is 14.5. The van der Waals surface area contributed by atoms with E-state index in [1.54, 1.807) is 0 Å². The Morgan fingerprint density at radius 1 is 1.33 bits per heavy atom. The summed E-state index contributed by atoms with van der Waals surface area (Å²) in [6.45, 7) is 0. The van der Waals surface area contributed by atoms with Gasteiger partial charge in [-0.3, -0.25) is 19.3 Å². The Labute approximate surface area is 226 Å². The van der Waals surface area contributed by atoms with Crippen molar-refractivity contribution in [3.8, 4) is 0 Å². The Hall–Kier alpha value is -2.63. The molecule has 186 valence electrons. The molecule has 2 atom stereocenters. The van der Waals surface area contributed by atoms with Crippen LogP contribution in [-0.2, 0) is 14.4 Å². The third-order valence-electron chi connectivity index (χ3n) is 5.10. The molecule has 0 bridgehead atoms. The normalized spacial score (nSPS) is 19.9. The minimum Gasteiger partial charge on any atom is -0.477 e. The molecule has 3 aromatic heterocycles. The number of nitrogens with two attached hydrogens (primary N) is 1. The number of nitrogens with one attached hydrogen (secondary N) is 1. The molecule has 0 spiro atoms. The highest BCUT2D eigenvalue weighted by Gasteiger charge is 2.54. The van der Waals surface area contributed by atoms with Crippen molar-refractivity contribution in [3.63, 3.8) is 0 Å². The van der Waals surface area contributed by atoms with E-state index in [0.29, 0.717) is 13.8 Å². The van der Waals surface area contributed by atoms with Gasteiger partial charge in [-0.15, -0.1) is 34.4 Å². The number of carbonyl (C=O) groups is 3. The lowest BCUT2D eigenvalue weighted by Crippen LogP contribution is -2.71. The first-order chi connectivity index (χ1) is 17.2. The first-order valence-electron chi connectivity index (χ1n) is 9.75. The lowest BCUT2D eigenvalue weighted by Gasteiger charge is -2.49. The SMILES string of the molecule is Nc1nc(/C(=N/O)C(=O)N[C@@H]2C(=O)N3C(C(=O)O)=C(Sc4cc(=O)c5sccc5s4)CS[C@H]23)c(Cl)s1. The number of hydrogen-bond acceptors (Lipinski definition) is 13. The molecule has 0 aromatic carbocycles. The number of rotatable bonds is 6. The fourth-order valence-electron chi connectivity index (χ4n) is 3.58. The smallest absolute Gasteiger partial charge is 0.353 e. The lowest BCUT2D eigenvalue weighted by atomic mass is 10.0. The second kappa shape index (κ2) is 9.68. The maximum Gasteiger partial charge on any atom is 0.353 e. The molecule has 0 radical (unpaired) electrons. The van der Waals surface area contributed by atoms with Crippen LogP contribution in [0.5, 0.6) is 0 Å². The second-order valence-corrected chi connectivity index (χ2v) is 13.3. The van der Waals surface area contributed by atoms with Crippen LogP contribution in [0, 0.1) is 0 Å². The van der Waals surface area contributed by atoms with E-state index in [1.807, 2.05) is 11.4 Å². The molecule has 0 saturated carbocycles. The number of carbonyl (C=O) groups excluding carboxylic acids is 2. The number of nitrogen functional groups attached to an aromatic ring is 1. The Morgan fingerprint density at radius 3 is 2.78 bits per heavy atom. The minimum atomic E-state index is -1.30. The van der Waals surface area contributed by atoms with Gasteiger partial charge >= 0.3 is 5.97 Å². The molecule has 3 aromatic rings. The zero-order chi connectivity index (χ0) is 25.7. The van der Waals surface area contributed by atoms with Crippen molar-refractivity contribution in [1.82, 2.24) is 15.2 Å². The van der Waals surface area contributed by atoms with E-state index in [9.17, 15) is 29.5 Å². The van der Waals surface area contributed by atoms with Crippen molar-refractivity contribution in [2.24, 2.45) is 5.16 Å². The number of fused-ring (bicyclic) bond motifs is 2. The number of carboxylic acids is 1. The average molecular weight is 602 g/mol. The average Bonchev–Trinajstić information content (AvgIpc) is 3.43. The zero-order valence-electron chi connectivity index (χ0n) is 17.5. The number of thiazole rings is 1. The van der Waals surface area contributed by atoms with Crippen LogP contribution in [0.25, 0.3) is 9.40 Å². The van der Waals surface area contributed by atoms with Crippen molar-refractivity contribution < 1.29 is 24.7 Å². The fraction of sp³-hybridized carbons (Fsp3) is 0.158. The van der Waals surface area contributed by atoms with Gasteiger partial charge in [0.25, 0.3) is 11.8 Å². The number of β-lactam (4-membered cyclic amide) rings is 1. The summed E-state index contributed by atoms with van der Waals surface area (Å²) in [6.07, 6.45) is 0. The molecule has 5 N–H and O–H groups in total. The molecule has 1 fully saturated rings. The highest BCUT2D eigenvalue weighted by atomic mass is 35.5. The molecule has 0 unspecified atom stereocenters. The van der Waals surface area contributed by atoms with Crippen LogP contribution in [0.1, 0.15) is 5.69 Å². The predicted octanol–water partition coefficient (Wildman–Crippen LogP) is 2.68. The van der Waals surface area contributed by atoms with E-state index in [2.05, 4.69) is 15.5 Å². The zero-order valence-corrected chi connectivity index (χ0v) is 22.3. The largest absolute Gasteiger partial charge is 0.477 e. The lowest BCUT2D eigenvalue weighted by molar-refractivity contribution is -0.150. The van der Waals surface area contributed by atoms with Gasteiger partial charge in [-0.1, -0.05) is 39.9 Å². The molecule has 36 heavy (non-hydrogen) atoms. The number of nitrogens with zero attached hydrogens (tertiary/aromatic N) is 3. The van der Waals surface area contributed by atoms with Crippen molar-refractivity contribution in [2.45, 2.75) is 15.6 Å². The molecule has 2 aliphatic heterocycles. The van der Waals surface area contributed by atoms with Gasteiger partial charge in [0.05, 0.1) is 13.6 Å². The van der Waals surface area contributed by atoms with Gasteiger partial charge in [-0.05, 0) is 11.4 Å². The molecular formula is C19H12ClN5O6S5. The van der Waals surface area contributed by atoms with Gasteiger partial charge in [-0.2, -0.15) is 0 Å². The molecule has 5 rings (SSSR count). The number of amides is 2. The highest BCUT2D eigenvalue weighted by Crippen LogP contribution is 2.46. The molecular weight excluding hydrogens is 590 g/mol. The summed E-state index contributed by atoms with van der Waals surface area (Å²) in [6, 6.07) is 2.23. The molecule has 2 aliphatic rings. The summed E-state index contributed by atoms with van der Waals surface area (Å²) in [5, 5.41) is 25.8. The number of thioether (sulfide) groups is 2. The van der Waals surface area contributed by atoms with Crippen LogP contribution in [0.15, 0.2) is 42.3 Å². The van der Waals surface area contributed by atoms with Crippen LogP contribution in [-0.4, -0.2) is 60.9 Å². The standard InChI is InChI=1S/C19H12ClN5O6S5/c20-14-9(23-19(21)36-14)10(24-31)15(27)22-11-16(28)25-12(18(29)30)7(4-33-17(11)25)35-8-3-5(26)13-6(34-8)1-2-32-13/h1-3,11,17,31H,4H2,(H2,21,23)(H,22,27)(H,29,30)/b24-10-/t11-,17-/m1/s1. The quantitative estimate of drug-likeness (QED) is 0.142. The number of oxime groups is 1. The topological polar surface area (TPSA) is 175 Å². The van der Waals surface area contributed by atoms with E-state index in [-0.39, 0.29) is 32.0 Å². The molecule has 17 heteroatoms. The Kier molecular flexibility index (Phi) is 6.73. The number of anilines is 1. The molecule has 11 nitrogen and oxygen atoms in total. The first kappa shape index (κ1) is 25.0. The molecule has 0 aliphatic carbocycles. The van der Waals surface area contributed by atoms with Gasteiger partial charge in [0.1, 0.15) is 27.1 Å². The maximum atomic E-state index is 12.9. The van der Waals surface area contributed by atoms with Gasteiger partial charge in [0.15, 0.2) is 16.3 Å². The Morgan fingerprint density at radius 2 is 2.11 bits per heavy atom. The number of aliphatic carboxylic acids is 1. The van der Waals surface area contributed by atoms with E-state index in [4.69, 9.17) is 17.3 Å². The molecule has 1 saturated heterocycles. The molecule has 2 amide bonds. The number of halogens is 1. The van der Waals surface area contributed by atoms with E-state index < -0.39 is 34.9 Å². The minimum absolute atomic E-state index is 0.0322. The Bertz CT molecular complexity index is 1560. The van der Waals surface area contributed by atoms with Crippen molar-refractivity contribution in [2.75, 3.05) is 11.5 Å². The third kappa shape index (κ3) is 4.26. The predicted molar refractivity (Wildman–Crippen MR) is 141 cm³/mol. The number of aromatic nitrogens is 1.